The second-order valence-electron chi connectivity index (χ2n) is 4.42. The topological polar surface area (TPSA) is 75.6 Å². The van der Waals surface area contributed by atoms with Gasteiger partial charge in [0.15, 0.2) is 0 Å². The average molecular weight is 320 g/mol. The largest absolute Gasteiger partial charge is 0.507 e. The molecule has 0 bridgehead atoms. The number of anilines is 1. The molecule has 0 atom stereocenters. The van der Waals surface area contributed by atoms with Gasteiger partial charge in [-0.1, -0.05) is 17.7 Å². The number of benzene rings is 2. The summed E-state index contributed by atoms with van der Waals surface area (Å²) < 4.78 is 4.84. The van der Waals surface area contributed by atoms with Crippen LogP contribution in [0.25, 0.3) is 0 Å². The Morgan fingerprint density at radius 1 is 1.23 bits per heavy atom. The number of phenolic OH excluding ortho intramolecular Hbond substituents is 1. The van der Waals surface area contributed by atoms with Gasteiger partial charge in [-0.15, -0.1) is 0 Å². The van der Waals surface area contributed by atoms with Crippen molar-refractivity contribution >= 4 is 29.2 Å². The summed E-state index contributed by atoms with van der Waals surface area (Å²) in [5.74, 6) is -1.24. The molecule has 0 aromatic heterocycles. The first kappa shape index (κ1) is 15.9. The van der Waals surface area contributed by atoms with Crippen LogP contribution in [0.1, 0.15) is 27.6 Å². The van der Waals surface area contributed by atoms with Gasteiger partial charge >= 0.3 is 5.97 Å². The minimum atomic E-state index is -0.654. The molecule has 0 spiro atoms. The van der Waals surface area contributed by atoms with Gasteiger partial charge < -0.3 is 15.2 Å². The molecule has 0 fully saturated rings. The third kappa shape index (κ3) is 3.77. The first-order chi connectivity index (χ1) is 10.5. The molecule has 0 aliphatic carbocycles. The van der Waals surface area contributed by atoms with Crippen LogP contribution < -0.4 is 5.32 Å². The molecule has 0 radical (unpaired) electrons. The number of aromatic hydroxyl groups is 1. The predicted molar refractivity (Wildman–Crippen MR) is 83.5 cm³/mol. The van der Waals surface area contributed by atoms with Crippen molar-refractivity contribution in [3.8, 4) is 5.75 Å². The summed E-state index contributed by atoms with van der Waals surface area (Å²) in [7, 11) is 0. The third-order valence-corrected chi connectivity index (χ3v) is 3.07. The van der Waals surface area contributed by atoms with Crippen molar-refractivity contribution in [2.24, 2.45) is 0 Å². The zero-order chi connectivity index (χ0) is 16.1. The number of carbonyl (C=O) groups is 2. The Morgan fingerprint density at radius 2 is 2.00 bits per heavy atom. The van der Waals surface area contributed by atoms with Crippen molar-refractivity contribution in [3.63, 3.8) is 0 Å². The summed E-state index contributed by atoms with van der Waals surface area (Å²) in [5, 5.41) is 12.8. The van der Waals surface area contributed by atoms with Gasteiger partial charge in [0, 0.05) is 16.3 Å². The molecule has 0 saturated carbocycles. The fourth-order valence-electron chi connectivity index (χ4n) is 1.82. The van der Waals surface area contributed by atoms with Crippen LogP contribution in [0.5, 0.6) is 5.75 Å². The Morgan fingerprint density at radius 3 is 2.68 bits per heavy atom. The maximum Gasteiger partial charge on any atom is 0.341 e. The molecule has 2 N–H and O–H groups in total. The smallest absolute Gasteiger partial charge is 0.341 e. The Balaban J connectivity index is 2.21. The van der Waals surface area contributed by atoms with E-state index in [2.05, 4.69) is 5.32 Å². The van der Waals surface area contributed by atoms with Crippen LogP contribution in [0, 0.1) is 0 Å². The molecule has 0 saturated heterocycles. The molecule has 6 heteroatoms. The maximum atomic E-state index is 12.1. The number of hydrogen-bond donors (Lipinski definition) is 2. The number of amides is 1. The molecule has 2 aromatic carbocycles. The lowest BCUT2D eigenvalue weighted by Crippen LogP contribution is -2.13. The van der Waals surface area contributed by atoms with E-state index in [0.29, 0.717) is 16.3 Å². The first-order valence-corrected chi connectivity index (χ1v) is 6.96. The Labute approximate surface area is 132 Å². The number of ether oxygens (including phenoxy) is 1. The highest BCUT2D eigenvalue weighted by Gasteiger charge is 2.14. The lowest BCUT2D eigenvalue weighted by molar-refractivity contribution is 0.0523. The lowest BCUT2D eigenvalue weighted by Gasteiger charge is -2.09. The molecule has 0 aliphatic rings. The number of rotatable bonds is 4. The monoisotopic (exact) mass is 319 g/mol. The number of nitrogens with one attached hydrogen (secondary N) is 1. The highest BCUT2D eigenvalue weighted by molar-refractivity contribution is 6.31. The van der Waals surface area contributed by atoms with Gasteiger partial charge in [0.2, 0.25) is 0 Å². The standard InChI is InChI=1S/C16H14ClNO4/c1-2-22-16(21)13-9-12(6-7-14(13)19)18-15(20)10-4-3-5-11(17)8-10/h3-9,19H,2H2,1H3,(H,18,20). The number of hydrogen-bond acceptors (Lipinski definition) is 4. The SMILES string of the molecule is CCOC(=O)c1cc(NC(=O)c2cccc(Cl)c2)ccc1O. The minimum absolute atomic E-state index is 0.00857. The van der Waals surface area contributed by atoms with Crippen molar-refractivity contribution in [2.75, 3.05) is 11.9 Å². The Bertz CT molecular complexity index is 715. The zero-order valence-corrected chi connectivity index (χ0v) is 12.6. The normalized spacial score (nSPS) is 10.1. The van der Waals surface area contributed by atoms with Crippen molar-refractivity contribution in [2.45, 2.75) is 6.92 Å². The van der Waals surface area contributed by atoms with E-state index in [1.54, 1.807) is 25.1 Å². The van der Waals surface area contributed by atoms with Crippen molar-refractivity contribution in [1.82, 2.24) is 0 Å². The van der Waals surface area contributed by atoms with Crippen molar-refractivity contribution in [3.05, 3.63) is 58.6 Å². The van der Waals surface area contributed by atoms with Crippen LogP contribution in [0.4, 0.5) is 5.69 Å². The molecule has 0 aliphatic heterocycles. The summed E-state index contributed by atoms with van der Waals surface area (Å²) in [5.41, 5.74) is 0.745. The summed E-state index contributed by atoms with van der Waals surface area (Å²) >= 11 is 5.84. The third-order valence-electron chi connectivity index (χ3n) is 2.84. The molecule has 114 valence electrons. The lowest BCUT2D eigenvalue weighted by atomic mass is 10.1. The second-order valence-corrected chi connectivity index (χ2v) is 4.85. The van der Waals surface area contributed by atoms with E-state index < -0.39 is 5.97 Å². The quantitative estimate of drug-likeness (QED) is 0.668. The van der Waals surface area contributed by atoms with Crippen molar-refractivity contribution < 1.29 is 19.4 Å². The van der Waals surface area contributed by atoms with Gasteiger partial charge in [0.05, 0.1) is 6.61 Å². The van der Waals surface area contributed by atoms with E-state index in [4.69, 9.17) is 16.3 Å². The molecule has 22 heavy (non-hydrogen) atoms. The number of phenols is 1. The Kier molecular flexibility index (Phi) is 5.01. The predicted octanol–water partition coefficient (Wildman–Crippen LogP) is 3.47. The van der Waals surface area contributed by atoms with Gasteiger partial charge in [-0.3, -0.25) is 4.79 Å². The van der Waals surface area contributed by atoms with Gasteiger partial charge in [0.25, 0.3) is 5.91 Å². The Hall–Kier alpha value is -2.53. The van der Waals surface area contributed by atoms with Gasteiger partial charge in [0.1, 0.15) is 11.3 Å². The highest BCUT2D eigenvalue weighted by Crippen LogP contribution is 2.23. The summed E-state index contributed by atoms with van der Waals surface area (Å²) in [6.45, 7) is 1.86. The zero-order valence-electron chi connectivity index (χ0n) is 11.8. The highest BCUT2D eigenvalue weighted by atomic mass is 35.5. The van der Waals surface area contributed by atoms with Crippen molar-refractivity contribution in [1.29, 1.82) is 0 Å². The van der Waals surface area contributed by atoms with E-state index in [9.17, 15) is 14.7 Å². The molecular formula is C16H14ClNO4. The molecule has 5 nitrogen and oxygen atoms in total. The van der Waals surface area contributed by atoms with E-state index in [1.807, 2.05) is 0 Å². The van der Waals surface area contributed by atoms with E-state index in [1.165, 1.54) is 24.3 Å². The molecule has 1 amide bonds. The fraction of sp³-hybridized carbons (Fsp3) is 0.125. The number of carbonyl (C=O) groups excluding carboxylic acids is 2. The summed E-state index contributed by atoms with van der Waals surface area (Å²) in [6.07, 6.45) is 0. The van der Waals surface area contributed by atoms with Crippen LogP contribution in [0.3, 0.4) is 0 Å². The second kappa shape index (κ2) is 6.95. The molecule has 2 aromatic rings. The number of halogens is 1. The van der Waals surface area contributed by atoms with Crippen LogP contribution in [-0.4, -0.2) is 23.6 Å². The van der Waals surface area contributed by atoms with Crippen LogP contribution in [-0.2, 0) is 4.74 Å². The van der Waals surface area contributed by atoms with E-state index in [-0.39, 0.29) is 23.8 Å². The van der Waals surface area contributed by atoms with Gasteiger partial charge in [-0.25, -0.2) is 4.79 Å². The fourth-order valence-corrected chi connectivity index (χ4v) is 2.01. The maximum absolute atomic E-state index is 12.1. The molecule has 2 rings (SSSR count). The summed E-state index contributed by atoms with van der Waals surface area (Å²) in [6, 6.07) is 10.6. The average Bonchev–Trinajstić information content (AvgIpc) is 2.49. The van der Waals surface area contributed by atoms with Gasteiger partial charge in [-0.05, 0) is 43.3 Å². The number of esters is 1. The molecule has 0 unspecified atom stereocenters. The minimum Gasteiger partial charge on any atom is -0.507 e. The van der Waals surface area contributed by atoms with Crippen LogP contribution in [0.2, 0.25) is 5.02 Å². The first-order valence-electron chi connectivity index (χ1n) is 6.58. The van der Waals surface area contributed by atoms with E-state index >= 15 is 0 Å². The molecule has 0 heterocycles. The molecular weight excluding hydrogens is 306 g/mol. The van der Waals surface area contributed by atoms with Crippen LogP contribution >= 0.6 is 11.6 Å². The summed E-state index contributed by atoms with van der Waals surface area (Å²) in [4.78, 5) is 23.8. The van der Waals surface area contributed by atoms with Gasteiger partial charge in [-0.2, -0.15) is 0 Å². The van der Waals surface area contributed by atoms with Crippen LogP contribution in [0.15, 0.2) is 42.5 Å². The van der Waals surface area contributed by atoms with E-state index in [0.717, 1.165) is 0 Å².